The van der Waals surface area contributed by atoms with E-state index in [1.165, 1.54) is 18.4 Å². The van der Waals surface area contributed by atoms with E-state index < -0.39 is 8.07 Å². The van der Waals surface area contributed by atoms with E-state index >= 15 is 0 Å². The van der Waals surface area contributed by atoms with Gasteiger partial charge in [-0.15, -0.1) is 0 Å². The summed E-state index contributed by atoms with van der Waals surface area (Å²) in [4.78, 5) is 0. The summed E-state index contributed by atoms with van der Waals surface area (Å²) in [6.45, 7) is 14.3. The van der Waals surface area contributed by atoms with Crippen molar-refractivity contribution in [2.45, 2.75) is 53.3 Å². The predicted octanol–water partition coefficient (Wildman–Crippen LogP) is 4.52. The Balaban J connectivity index is 2.78. The van der Waals surface area contributed by atoms with Gasteiger partial charge in [0.1, 0.15) is 0 Å². The molecule has 0 aromatic heterocycles. The van der Waals surface area contributed by atoms with Crippen molar-refractivity contribution >= 4 is 32.6 Å². The molecule has 1 aromatic rings. The van der Waals surface area contributed by atoms with E-state index in [1.807, 2.05) is 3.24 Å². The van der Waals surface area contributed by atoms with Gasteiger partial charge in [-0.3, -0.25) is 0 Å². The normalized spacial score (nSPS) is 13.1. The number of rotatable bonds is 6. The van der Waals surface area contributed by atoms with Crippen molar-refractivity contribution in [1.82, 2.24) is 0 Å². The van der Waals surface area contributed by atoms with Crippen molar-refractivity contribution < 1.29 is 0 Å². The average Bonchev–Trinajstić information content (AvgIpc) is 2.28. The predicted molar refractivity (Wildman–Crippen MR) is 92.1 cm³/mol. The molecule has 0 aliphatic carbocycles. The van der Waals surface area contributed by atoms with Crippen LogP contribution in [0.4, 0.5) is 0 Å². The monoisotopic (exact) mass is 390 g/mol. The van der Waals surface area contributed by atoms with Crippen LogP contribution in [0.2, 0.25) is 19.6 Å². The quantitative estimate of drug-likeness (QED) is 0.629. The zero-order valence-electron chi connectivity index (χ0n) is 13.3. The van der Waals surface area contributed by atoms with Crippen molar-refractivity contribution in [2.24, 2.45) is 5.92 Å². The van der Waals surface area contributed by atoms with Crippen LogP contribution in [0.1, 0.15) is 32.3 Å². The van der Waals surface area contributed by atoms with Gasteiger partial charge in [-0.2, -0.15) is 0 Å². The second-order valence-corrected chi connectivity index (χ2v) is 16.0. The first-order valence-corrected chi connectivity index (χ1v) is 13.1. The molecule has 0 bridgehead atoms. The zero-order valence-corrected chi connectivity index (χ0v) is 16.6. The molecule has 1 aromatic carbocycles. The van der Waals surface area contributed by atoms with Gasteiger partial charge in [-0.25, -0.2) is 0 Å². The summed E-state index contributed by atoms with van der Waals surface area (Å²) in [6, 6.07) is 9.20. The SMILES string of the molecule is Cc1ccc([Te]/C(=C/CCC(C)C)[Si](C)(C)C)cc1. The van der Waals surface area contributed by atoms with Crippen molar-refractivity contribution in [3.8, 4) is 0 Å². The van der Waals surface area contributed by atoms with Gasteiger partial charge in [-0.05, 0) is 0 Å². The average molecular weight is 388 g/mol. The van der Waals surface area contributed by atoms with Crippen LogP contribution in [0.25, 0.3) is 0 Å². The molecule has 0 unspecified atom stereocenters. The van der Waals surface area contributed by atoms with E-state index in [4.69, 9.17) is 0 Å². The number of hydrogen-bond acceptors (Lipinski definition) is 0. The van der Waals surface area contributed by atoms with Gasteiger partial charge >= 0.3 is 131 Å². The summed E-state index contributed by atoms with van der Waals surface area (Å²) in [7, 11) is -1.14. The van der Waals surface area contributed by atoms with Crippen LogP contribution in [-0.2, 0) is 0 Å². The van der Waals surface area contributed by atoms with Gasteiger partial charge in [0.25, 0.3) is 0 Å². The summed E-state index contributed by atoms with van der Waals surface area (Å²) in [5.41, 5.74) is 1.37. The van der Waals surface area contributed by atoms with E-state index in [-0.39, 0.29) is 20.9 Å². The first-order chi connectivity index (χ1) is 8.79. The molecule has 0 fully saturated rings. The minimum absolute atomic E-state index is 0.151. The van der Waals surface area contributed by atoms with Crippen LogP contribution >= 0.6 is 0 Å². The third kappa shape index (κ3) is 6.79. The molecule has 0 amide bonds. The van der Waals surface area contributed by atoms with Crippen LogP contribution in [-0.4, -0.2) is 29.0 Å². The third-order valence-electron chi connectivity index (χ3n) is 3.06. The first kappa shape index (κ1) is 17.0. The summed E-state index contributed by atoms with van der Waals surface area (Å²) < 4.78 is 3.43. The van der Waals surface area contributed by atoms with Crippen molar-refractivity contribution in [2.75, 3.05) is 0 Å². The van der Waals surface area contributed by atoms with Crippen LogP contribution in [0.3, 0.4) is 0 Å². The van der Waals surface area contributed by atoms with Crippen LogP contribution < -0.4 is 3.61 Å². The molecule has 19 heavy (non-hydrogen) atoms. The van der Waals surface area contributed by atoms with Crippen molar-refractivity contribution in [3.05, 3.63) is 39.1 Å². The number of allylic oxidation sites excluding steroid dienone is 1. The summed E-state index contributed by atoms with van der Waals surface area (Å²) >= 11 is -0.151. The van der Waals surface area contributed by atoms with E-state index in [9.17, 15) is 0 Å². The molecule has 0 aliphatic rings. The molecule has 1 rings (SSSR count). The number of benzene rings is 1. The fourth-order valence-electron chi connectivity index (χ4n) is 1.78. The molecule has 0 nitrogen and oxygen atoms in total. The standard InChI is InChI=1S/C17H28SiTe/c1-14(2)8-7-9-17(18(4,5)6)19-16-12-10-15(3)11-13-16/h9-14H,7-8H2,1-6H3/b17-9+. The summed E-state index contributed by atoms with van der Waals surface area (Å²) in [6.07, 6.45) is 5.19. The molecule has 2 heteroatoms. The van der Waals surface area contributed by atoms with Crippen LogP contribution in [0.15, 0.2) is 33.6 Å². The van der Waals surface area contributed by atoms with Gasteiger partial charge in [0.2, 0.25) is 0 Å². The molecular weight excluding hydrogens is 360 g/mol. The van der Waals surface area contributed by atoms with E-state index in [0.717, 1.165) is 5.92 Å². The third-order valence-corrected chi connectivity index (χ3v) is 13.2. The summed E-state index contributed by atoms with van der Waals surface area (Å²) in [5.74, 6) is 0.819. The minimum atomic E-state index is -1.14. The van der Waals surface area contributed by atoms with Crippen molar-refractivity contribution in [3.63, 3.8) is 0 Å². The fraction of sp³-hybridized carbons (Fsp3) is 0.529. The van der Waals surface area contributed by atoms with E-state index in [2.05, 4.69) is 70.8 Å². The maximum absolute atomic E-state index is 2.59. The van der Waals surface area contributed by atoms with Crippen molar-refractivity contribution in [1.29, 1.82) is 0 Å². The van der Waals surface area contributed by atoms with Gasteiger partial charge in [-0.1, -0.05) is 0 Å². The molecule has 0 saturated carbocycles. The van der Waals surface area contributed by atoms with Gasteiger partial charge in [0.05, 0.1) is 0 Å². The molecule has 0 aliphatic heterocycles. The second-order valence-electron chi connectivity index (χ2n) is 6.70. The van der Waals surface area contributed by atoms with Gasteiger partial charge in [0.15, 0.2) is 0 Å². The molecule has 0 spiro atoms. The molecule has 0 heterocycles. The summed E-state index contributed by atoms with van der Waals surface area (Å²) in [5, 5.41) is 0. The van der Waals surface area contributed by atoms with Gasteiger partial charge < -0.3 is 0 Å². The Morgan fingerprint density at radius 2 is 1.74 bits per heavy atom. The number of hydrogen-bond donors (Lipinski definition) is 0. The molecule has 0 N–H and O–H groups in total. The van der Waals surface area contributed by atoms with Crippen LogP contribution in [0.5, 0.6) is 0 Å². The molecule has 0 radical (unpaired) electrons. The molecular formula is C17H28SiTe. The number of aryl methyl sites for hydroxylation is 1. The Morgan fingerprint density at radius 1 is 1.16 bits per heavy atom. The zero-order chi connectivity index (χ0) is 14.5. The van der Waals surface area contributed by atoms with Crippen LogP contribution in [0, 0.1) is 12.8 Å². The topological polar surface area (TPSA) is 0 Å². The second kappa shape index (κ2) is 7.67. The maximum atomic E-state index is 2.59. The molecule has 0 saturated heterocycles. The van der Waals surface area contributed by atoms with E-state index in [1.54, 1.807) is 3.61 Å². The fourth-order valence-corrected chi connectivity index (χ4v) is 8.33. The van der Waals surface area contributed by atoms with Gasteiger partial charge in [0, 0.05) is 0 Å². The molecule has 106 valence electrons. The Hall–Kier alpha value is -0.0335. The van der Waals surface area contributed by atoms with E-state index in [0.29, 0.717) is 0 Å². The Morgan fingerprint density at radius 3 is 2.21 bits per heavy atom. The Bertz CT molecular complexity index is 410. The Kier molecular flexibility index (Phi) is 6.87. The Labute approximate surface area is 130 Å². The molecule has 0 atom stereocenters. The first-order valence-electron chi connectivity index (χ1n) is 7.24.